The van der Waals surface area contributed by atoms with Crippen LogP contribution in [0.4, 0.5) is 5.69 Å². The Balaban J connectivity index is 1.65. The van der Waals surface area contributed by atoms with Crippen molar-refractivity contribution in [1.29, 1.82) is 0 Å². The summed E-state index contributed by atoms with van der Waals surface area (Å²) in [5.41, 5.74) is 2.42. The number of benzene rings is 2. The highest BCUT2D eigenvalue weighted by atomic mass is 35.5. The number of allylic oxidation sites excluding steroid dienone is 1. The van der Waals surface area contributed by atoms with Crippen molar-refractivity contribution in [3.63, 3.8) is 0 Å². The maximum Gasteiger partial charge on any atom is 0.234 e. The van der Waals surface area contributed by atoms with Gasteiger partial charge in [-0.3, -0.25) is 9.36 Å². The first-order chi connectivity index (χ1) is 15.3. The zero-order chi connectivity index (χ0) is 23.3. The van der Waals surface area contributed by atoms with E-state index in [-0.39, 0.29) is 18.3 Å². The van der Waals surface area contributed by atoms with Crippen molar-refractivity contribution in [1.82, 2.24) is 14.8 Å². The summed E-state index contributed by atoms with van der Waals surface area (Å²) in [6.45, 7) is 8.35. The molecule has 0 saturated heterocycles. The molecule has 0 radical (unpaired) electrons. The number of rotatable bonds is 9. The Bertz CT molecular complexity index is 1110. The molecule has 0 spiro atoms. The topological polar surface area (TPSA) is 69.0 Å². The number of amides is 1. The van der Waals surface area contributed by atoms with E-state index in [1.807, 2.05) is 30.5 Å². The average Bonchev–Trinajstić information content (AvgIpc) is 3.10. The number of nitrogens with zero attached hydrogens (tertiary/aromatic N) is 3. The molecule has 0 atom stereocenters. The summed E-state index contributed by atoms with van der Waals surface area (Å²) in [6.07, 6.45) is 1.74. The van der Waals surface area contributed by atoms with Crippen molar-refractivity contribution < 1.29 is 9.53 Å². The highest BCUT2D eigenvalue weighted by Gasteiger charge is 2.15. The van der Waals surface area contributed by atoms with Crippen molar-refractivity contribution in [3.05, 3.63) is 75.0 Å². The van der Waals surface area contributed by atoms with E-state index in [4.69, 9.17) is 39.5 Å². The summed E-state index contributed by atoms with van der Waals surface area (Å²) in [5.74, 6) is 1.24. The van der Waals surface area contributed by atoms with Gasteiger partial charge in [-0.25, -0.2) is 0 Å². The number of halogens is 3. The van der Waals surface area contributed by atoms with Gasteiger partial charge in [0.2, 0.25) is 5.91 Å². The van der Waals surface area contributed by atoms with Gasteiger partial charge in [-0.1, -0.05) is 52.6 Å². The van der Waals surface area contributed by atoms with Gasteiger partial charge in [0, 0.05) is 27.3 Å². The van der Waals surface area contributed by atoms with Crippen LogP contribution in [0.15, 0.2) is 48.1 Å². The Morgan fingerprint density at radius 1 is 1.12 bits per heavy atom. The quantitative estimate of drug-likeness (QED) is 0.268. The third kappa shape index (κ3) is 6.42. The fraction of sp³-hybridized carbons (Fsp3) is 0.227. The van der Waals surface area contributed by atoms with Crippen LogP contribution in [0, 0.1) is 13.8 Å². The van der Waals surface area contributed by atoms with Crippen LogP contribution in [-0.2, 0) is 17.9 Å². The van der Waals surface area contributed by atoms with Gasteiger partial charge in [-0.2, -0.15) is 0 Å². The van der Waals surface area contributed by atoms with Gasteiger partial charge in [0.15, 0.2) is 11.0 Å². The number of aromatic nitrogens is 3. The number of carbonyl (C=O) groups excluding carboxylic acids is 1. The molecule has 1 aromatic heterocycles. The van der Waals surface area contributed by atoms with Crippen molar-refractivity contribution in [2.24, 2.45) is 0 Å². The summed E-state index contributed by atoms with van der Waals surface area (Å²) >= 11 is 19.4. The molecule has 0 aliphatic carbocycles. The van der Waals surface area contributed by atoms with E-state index in [9.17, 15) is 4.79 Å². The Morgan fingerprint density at radius 2 is 1.78 bits per heavy atom. The Labute approximate surface area is 205 Å². The molecular weight excluding hydrogens is 491 g/mol. The van der Waals surface area contributed by atoms with Gasteiger partial charge in [0.1, 0.15) is 12.4 Å². The number of carbonyl (C=O) groups is 1. The van der Waals surface area contributed by atoms with Gasteiger partial charge >= 0.3 is 0 Å². The Kier molecular flexibility index (Phi) is 8.48. The molecule has 1 N–H and O–H groups in total. The SMILES string of the molecule is C=CCn1c(COc2cc(C)c(Cl)c(C)c2)nnc1SCC(=O)Nc1cc(Cl)cc(Cl)c1. The van der Waals surface area contributed by atoms with Gasteiger partial charge < -0.3 is 10.1 Å². The average molecular weight is 512 g/mol. The van der Waals surface area contributed by atoms with Crippen LogP contribution in [0.5, 0.6) is 5.75 Å². The lowest BCUT2D eigenvalue weighted by atomic mass is 10.1. The van der Waals surface area contributed by atoms with E-state index in [2.05, 4.69) is 22.1 Å². The number of thioether (sulfide) groups is 1. The van der Waals surface area contributed by atoms with E-state index >= 15 is 0 Å². The summed E-state index contributed by atoms with van der Waals surface area (Å²) < 4.78 is 7.76. The van der Waals surface area contributed by atoms with E-state index in [0.717, 1.165) is 16.1 Å². The van der Waals surface area contributed by atoms with E-state index in [1.165, 1.54) is 11.8 Å². The minimum atomic E-state index is -0.216. The summed E-state index contributed by atoms with van der Waals surface area (Å²) in [6, 6.07) is 8.62. The maximum atomic E-state index is 12.4. The van der Waals surface area contributed by atoms with Gasteiger partial charge in [-0.05, 0) is 55.3 Å². The first-order valence-electron chi connectivity index (χ1n) is 9.58. The minimum Gasteiger partial charge on any atom is -0.486 e. The molecule has 0 aliphatic heterocycles. The van der Waals surface area contributed by atoms with Crippen LogP contribution in [0.3, 0.4) is 0 Å². The third-order valence-corrected chi connectivity index (χ3v) is 6.36. The molecule has 1 heterocycles. The van der Waals surface area contributed by atoms with Crippen molar-refractivity contribution >= 4 is 58.2 Å². The lowest BCUT2D eigenvalue weighted by molar-refractivity contribution is -0.113. The Morgan fingerprint density at radius 3 is 2.41 bits per heavy atom. The third-order valence-electron chi connectivity index (χ3n) is 4.36. The second-order valence-corrected chi connectivity index (χ2v) is 9.15. The number of hydrogen-bond donors (Lipinski definition) is 1. The van der Waals surface area contributed by atoms with Crippen molar-refractivity contribution in [2.75, 3.05) is 11.1 Å². The predicted molar refractivity (Wildman–Crippen MR) is 131 cm³/mol. The monoisotopic (exact) mass is 510 g/mol. The number of ether oxygens (including phenoxy) is 1. The molecule has 0 bridgehead atoms. The minimum absolute atomic E-state index is 0.135. The molecule has 1 amide bonds. The van der Waals surface area contributed by atoms with Gasteiger partial charge in [-0.15, -0.1) is 16.8 Å². The number of nitrogens with one attached hydrogen (secondary N) is 1. The van der Waals surface area contributed by atoms with Crippen LogP contribution in [0.25, 0.3) is 0 Å². The predicted octanol–water partition coefficient (Wildman–Crippen LogP) is 6.35. The summed E-state index contributed by atoms with van der Waals surface area (Å²) in [7, 11) is 0. The highest BCUT2D eigenvalue weighted by Crippen LogP contribution is 2.27. The molecule has 10 heteroatoms. The van der Waals surface area contributed by atoms with Crippen LogP contribution in [0.1, 0.15) is 17.0 Å². The fourth-order valence-electron chi connectivity index (χ4n) is 2.94. The molecule has 168 valence electrons. The lowest BCUT2D eigenvalue weighted by Gasteiger charge is -2.11. The lowest BCUT2D eigenvalue weighted by Crippen LogP contribution is -2.15. The molecular formula is C22H21Cl3N4O2S. The summed E-state index contributed by atoms with van der Waals surface area (Å²) in [4.78, 5) is 12.4. The second-order valence-electron chi connectivity index (χ2n) is 6.95. The van der Waals surface area contributed by atoms with Crippen LogP contribution in [0.2, 0.25) is 15.1 Å². The van der Waals surface area contributed by atoms with E-state index in [1.54, 1.807) is 24.3 Å². The van der Waals surface area contributed by atoms with Gasteiger partial charge in [0.05, 0.1) is 5.75 Å². The van der Waals surface area contributed by atoms with Crippen LogP contribution < -0.4 is 10.1 Å². The zero-order valence-electron chi connectivity index (χ0n) is 17.5. The zero-order valence-corrected chi connectivity index (χ0v) is 20.6. The number of aryl methyl sites for hydroxylation is 2. The molecule has 3 rings (SSSR count). The molecule has 0 unspecified atom stereocenters. The number of hydrogen-bond acceptors (Lipinski definition) is 5. The van der Waals surface area contributed by atoms with Crippen molar-refractivity contribution in [2.45, 2.75) is 32.2 Å². The first-order valence-corrected chi connectivity index (χ1v) is 11.7. The first kappa shape index (κ1) is 24.5. The molecule has 6 nitrogen and oxygen atoms in total. The van der Waals surface area contributed by atoms with Crippen LogP contribution in [-0.4, -0.2) is 26.4 Å². The molecule has 0 saturated carbocycles. The second kappa shape index (κ2) is 11.1. The molecule has 0 aliphatic rings. The molecule has 0 fully saturated rings. The molecule has 2 aromatic carbocycles. The Hall–Kier alpha value is -2.19. The molecule has 3 aromatic rings. The van der Waals surface area contributed by atoms with E-state index < -0.39 is 0 Å². The van der Waals surface area contributed by atoms with Crippen LogP contribution >= 0.6 is 46.6 Å². The van der Waals surface area contributed by atoms with Crippen molar-refractivity contribution in [3.8, 4) is 5.75 Å². The molecule has 32 heavy (non-hydrogen) atoms. The highest BCUT2D eigenvalue weighted by molar-refractivity contribution is 7.99. The maximum absolute atomic E-state index is 12.4. The normalized spacial score (nSPS) is 10.8. The largest absolute Gasteiger partial charge is 0.486 e. The van der Waals surface area contributed by atoms with E-state index in [0.29, 0.717) is 39.0 Å². The smallest absolute Gasteiger partial charge is 0.234 e. The fourth-order valence-corrected chi connectivity index (χ4v) is 4.34. The van der Waals surface area contributed by atoms with Gasteiger partial charge in [0.25, 0.3) is 0 Å². The summed E-state index contributed by atoms with van der Waals surface area (Å²) in [5, 5.41) is 13.4. The number of anilines is 1. The standard InChI is InChI=1S/C22H21Cl3N4O2S/c1-4-5-29-19(11-31-18-6-13(2)21(25)14(3)7-18)27-28-22(29)32-12-20(30)26-17-9-15(23)8-16(24)10-17/h4,6-10H,1,5,11-12H2,2-3H3,(H,26,30).